The van der Waals surface area contributed by atoms with Crippen molar-refractivity contribution < 1.29 is 4.74 Å². The Bertz CT molecular complexity index is 801. The number of ether oxygens (including phenoxy) is 1. The van der Waals surface area contributed by atoms with Gasteiger partial charge in [-0.05, 0) is 53.4 Å². The second-order valence-electron chi connectivity index (χ2n) is 8.25. The van der Waals surface area contributed by atoms with Crippen molar-refractivity contribution in [2.75, 3.05) is 0 Å². The number of benzene rings is 2. The molecule has 0 aromatic heterocycles. The summed E-state index contributed by atoms with van der Waals surface area (Å²) in [7, 11) is 0. The zero-order chi connectivity index (χ0) is 18.1. The summed E-state index contributed by atoms with van der Waals surface area (Å²) in [5, 5.41) is 0. The van der Waals surface area contributed by atoms with Crippen molar-refractivity contribution in [1.29, 1.82) is 0 Å². The second kappa shape index (κ2) is 7.31. The molecule has 3 unspecified atom stereocenters. The summed E-state index contributed by atoms with van der Waals surface area (Å²) in [6, 6.07) is 16.9. The summed E-state index contributed by atoms with van der Waals surface area (Å²) in [6.07, 6.45) is 9.83. The summed E-state index contributed by atoms with van der Waals surface area (Å²) in [5.74, 6) is 3.02. The Morgan fingerprint density at radius 1 is 0.962 bits per heavy atom. The molecule has 2 aliphatic rings. The molecule has 2 aliphatic carbocycles. The Kier molecular flexibility index (Phi) is 4.89. The minimum absolute atomic E-state index is 0.295. The molecule has 0 bridgehead atoms. The zero-order valence-corrected chi connectivity index (χ0v) is 16.0. The van der Waals surface area contributed by atoms with Gasteiger partial charge in [0.2, 0.25) is 0 Å². The molecule has 2 aromatic carbocycles. The lowest BCUT2D eigenvalue weighted by Gasteiger charge is -2.38. The van der Waals surface area contributed by atoms with Gasteiger partial charge in [0.05, 0.1) is 6.42 Å². The SMILES string of the molecule is CC1CCC(C(C)C)C(OC2=Cc3ccccc3[C]c3ccccc32)C1. The highest BCUT2D eigenvalue weighted by Crippen LogP contribution is 2.40. The zero-order valence-electron chi connectivity index (χ0n) is 16.0. The van der Waals surface area contributed by atoms with Crippen molar-refractivity contribution in [2.24, 2.45) is 17.8 Å². The van der Waals surface area contributed by atoms with E-state index >= 15 is 0 Å². The van der Waals surface area contributed by atoms with Gasteiger partial charge in [0, 0.05) is 5.56 Å². The van der Waals surface area contributed by atoms with Crippen LogP contribution in [0.4, 0.5) is 0 Å². The van der Waals surface area contributed by atoms with Crippen LogP contribution in [0.15, 0.2) is 48.5 Å². The third-order valence-corrected chi connectivity index (χ3v) is 5.95. The first-order chi connectivity index (χ1) is 12.6. The average molecular weight is 344 g/mol. The van der Waals surface area contributed by atoms with Crippen molar-refractivity contribution in [1.82, 2.24) is 0 Å². The monoisotopic (exact) mass is 344 g/mol. The van der Waals surface area contributed by atoms with Crippen LogP contribution in [-0.2, 0) is 4.74 Å². The van der Waals surface area contributed by atoms with Crippen LogP contribution < -0.4 is 0 Å². The van der Waals surface area contributed by atoms with E-state index in [9.17, 15) is 0 Å². The molecule has 0 saturated heterocycles. The maximum Gasteiger partial charge on any atom is 0.127 e. The van der Waals surface area contributed by atoms with Crippen LogP contribution in [0, 0.1) is 24.2 Å². The van der Waals surface area contributed by atoms with Gasteiger partial charge < -0.3 is 4.74 Å². The van der Waals surface area contributed by atoms with Gasteiger partial charge in [0.25, 0.3) is 0 Å². The fourth-order valence-electron chi connectivity index (χ4n) is 4.42. The predicted octanol–water partition coefficient (Wildman–Crippen LogP) is 6.45. The van der Waals surface area contributed by atoms with Crippen LogP contribution in [0.2, 0.25) is 0 Å². The third-order valence-electron chi connectivity index (χ3n) is 5.95. The maximum atomic E-state index is 6.76. The number of hydrogen-bond acceptors (Lipinski definition) is 1. The predicted molar refractivity (Wildman–Crippen MR) is 108 cm³/mol. The molecular weight excluding hydrogens is 316 g/mol. The van der Waals surface area contributed by atoms with Gasteiger partial charge in [-0.2, -0.15) is 0 Å². The van der Waals surface area contributed by atoms with Crippen molar-refractivity contribution >= 4 is 11.8 Å². The standard InChI is InChI=1S/C25H28O/c1-17(2)22-13-12-18(3)14-24(22)26-25-16-20-9-5-4-8-19(20)15-21-10-6-7-11-23(21)25/h4-11,16-18,22,24H,12-14H2,1-3H3. The Hall–Kier alpha value is -2.02. The molecule has 26 heavy (non-hydrogen) atoms. The minimum Gasteiger partial charge on any atom is -0.489 e. The molecule has 3 atom stereocenters. The van der Waals surface area contributed by atoms with E-state index < -0.39 is 0 Å². The summed E-state index contributed by atoms with van der Waals surface area (Å²) in [6.45, 7) is 7.03. The first kappa shape index (κ1) is 17.4. The van der Waals surface area contributed by atoms with Gasteiger partial charge in [-0.15, -0.1) is 0 Å². The Labute approximate surface area is 158 Å². The van der Waals surface area contributed by atoms with Crippen LogP contribution in [-0.4, -0.2) is 6.10 Å². The first-order valence-electron chi connectivity index (χ1n) is 9.95. The summed E-state index contributed by atoms with van der Waals surface area (Å²) < 4.78 is 6.76. The molecule has 0 spiro atoms. The van der Waals surface area contributed by atoms with Gasteiger partial charge in [-0.25, -0.2) is 0 Å². The van der Waals surface area contributed by atoms with E-state index in [0.29, 0.717) is 17.9 Å². The second-order valence-corrected chi connectivity index (χ2v) is 8.25. The maximum absolute atomic E-state index is 6.76. The smallest absolute Gasteiger partial charge is 0.127 e. The van der Waals surface area contributed by atoms with Crippen LogP contribution >= 0.6 is 0 Å². The van der Waals surface area contributed by atoms with Gasteiger partial charge >= 0.3 is 0 Å². The lowest BCUT2D eigenvalue weighted by molar-refractivity contribution is 0.0265. The van der Waals surface area contributed by atoms with E-state index in [2.05, 4.69) is 81.8 Å². The Morgan fingerprint density at radius 3 is 2.50 bits per heavy atom. The fraction of sp³-hybridized carbons (Fsp3) is 0.400. The molecule has 4 rings (SSSR count). The van der Waals surface area contributed by atoms with Gasteiger partial charge in [-0.3, -0.25) is 0 Å². The lowest BCUT2D eigenvalue weighted by Crippen LogP contribution is -2.34. The number of hydrogen-bond donors (Lipinski definition) is 0. The molecule has 0 N–H and O–H groups in total. The molecule has 0 amide bonds. The first-order valence-corrected chi connectivity index (χ1v) is 9.95. The Balaban J connectivity index is 1.73. The minimum atomic E-state index is 0.295. The highest BCUT2D eigenvalue weighted by molar-refractivity contribution is 5.83. The summed E-state index contributed by atoms with van der Waals surface area (Å²) in [5.41, 5.74) is 4.60. The number of rotatable bonds is 3. The lowest BCUT2D eigenvalue weighted by atomic mass is 9.75. The van der Waals surface area contributed by atoms with Crippen LogP contribution in [0.5, 0.6) is 0 Å². The molecule has 1 fully saturated rings. The molecule has 1 heteroatoms. The van der Waals surface area contributed by atoms with E-state index in [-0.39, 0.29) is 0 Å². The van der Waals surface area contributed by atoms with Crippen molar-refractivity contribution in [3.63, 3.8) is 0 Å². The van der Waals surface area contributed by atoms with Crippen molar-refractivity contribution in [3.05, 3.63) is 77.2 Å². The normalized spacial score (nSPS) is 25.1. The average Bonchev–Trinajstić information content (AvgIpc) is 2.78. The molecule has 2 radical (unpaired) electrons. The molecule has 1 saturated carbocycles. The molecule has 1 nitrogen and oxygen atoms in total. The molecule has 134 valence electrons. The van der Waals surface area contributed by atoms with Crippen molar-refractivity contribution in [3.8, 4) is 0 Å². The van der Waals surface area contributed by atoms with Gasteiger partial charge in [0.1, 0.15) is 11.9 Å². The molecule has 2 aromatic rings. The largest absolute Gasteiger partial charge is 0.489 e. The molecular formula is C25H28O. The van der Waals surface area contributed by atoms with Gasteiger partial charge in [-0.1, -0.05) is 75.7 Å². The highest BCUT2D eigenvalue weighted by Gasteiger charge is 2.33. The number of fused-ring (bicyclic) bond motifs is 2. The van der Waals surface area contributed by atoms with E-state index in [1.54, 1.807) is 0 Å². The topological polar surface area (TPSA) is 9.23 Å². The third kappa shape index (κ3) is 3.45. The van der Waals surface area contributed by atoms with E-state index in [4.69, 9.17) is 4.74 Å². The Morgan fingerprint density at radius 2 is 1.69 bits per heavy atom. The van der Waals surface area contributed by atoms with Crippen LogP contribution in [0.3, 0.4) is 0 Å². The summed E-state index contributed by atoms with van der Waals surface area (Å²) in [4.78, 5) is 0. The molecule has 0 heterocycles. The van der Waals surface area contributed by atoms with Crippen molar-refractivity contribution in [2.45, 2.75) is 46.1 Å². The van der Waals surface area contributed by atoms with Crippen LogP contribution in [0.1, 0.15) is 62.3 Å². The van der Waals surface area contributed by atoms with Gasteiger partial charge in [0.15, 0.2) is 0 Å². The quantitative estimate of drug-likeness (QED) is 0.621. The van der Waals surface area contributed by atoms with Crippen LogP contribution in [0.25, 0.3) is 11.8 Å². The van der Waals surface area contributed by atoms with E-state index in [1.807, 2.05) is 0 Å². The highest BCUT2D eigenvalue weighted by atomic mass is 16.5. The summed E-state index contributed by atoms with van der Waals surface area (Å²) >= 11 is 0. The van der Waals surface area contributed by atoms with E-state index in [0.717, 1.165) is 34.8 Å². The van der Waals surface area contributed by atoms with E-state index in [1.165, 1.54) is 18.4 Å². The molecule has 0 aliphatic heterocycles. The fourth-order valence-corrected chi connectivity index (χ4v) is 4.42.